The molecule has 13 heavy (non-hydrogen) atoms. The smallest absolute Gasteiger partial charge is 0.195 e. The molecule has 2 aliphatic heterocycles. The quantitative estimate of drug-likeness (QED) is 0.612. The second-order valence-corrected chi connectivity index (χ2v) is 5.65. The summed E-state index contributed by atoms with van der Waals surface area (Å²) in [5.41, 5.74) is 0. The molecule has 0 bridgehead atoms. The Kier molecular flexibility index (Phi) is 2.58. The Bertz CT molecular complexity index is 264. The molecule has 2 rings (SSSR count). The van der Waals surface area contributed by atoms with Crippen LogP contribution in [0.3, 0.4) is 0 Å². The highest BCUT2D eigenvalue weighted by Gasteiger charge is 2.36. The van der Waals surface area contributed by atoms with Crippen LogP contribution in [-0.2, 0) is 10.2 Å². The highest BCUT2D eigenvalue weighted by atomic mass is 32.2. The fourth-order valence-electron chi connectivity index (χ4n) is 1.71. The molecule has 0 aromatic heterocycles. The van der Waals surface area contributed by atoms with E-state index in [4.69, 9.17) is 0 Å². The molecule has 0 aliphatic carbocycles. The molecule has 2 fully saturated rings. The third kappa shape index (κ3) is 2.03. The van der Waals surface area contributed by atoms with E-state index in [1.54, 1.807) is 8.61 Å². The van der Waals surface area contributed by atoms with Crippen LogP contribution < -0.4 is 0 Å². The van der Waals surface area contributed by atoms with Crippen molar-refractivity contribution in [2.45, 2.75) is 25.7 Å². The van der Waals surface area contributed by atoms with Crippen molar-refractivity contribution >= 4 is 10.2 Å². The standard InChI is InChI=1S/C8H16N2O2S/c11-13(12,10-7-8-10)9-5-3-1-2-4-6-9/h1-8H2. The average molecular weight is 204 g/mol. The zero-order chi connectivity index (χ0) is 9.31. The van der Waals surface area contributed by atoms with E-state index in [2.05, 4.69) is 0 Å². The summed E-state index contributed by atoms with van der Waals surface area (Å²) in [4.78, 5) is 0. The topological polar surface area (TPSA) is 40.4 Å². The van der Waals surface area contributed by atoms with Gasteiger partial charge in [0.2, 0.25) is 0 Å². The first-order valence-corrected chi connectivity index (χ1v) is 6.36. The fraction of sp³-hybridized carbons (Fsp3) is 1.00. The van der Waals surface area contributed by atoms with E-state index in [1.165, 1.54) is 12.8 Å². The molecule has 0 atom stereocenters. The van der Waals surface area contributed by atoms with Crippen molar-refractivity contribution in [2.24, 2.45) is 0 Å². The average Bonchev–Trinajstić information content (AvgIpc) is 2.93. The van der Waals surface area contributed by atoms with Gasteiger partial charge in [0.1, 0.15) is 0 Å². The Labute approximate surface area is 79.7 Å². The Hall–Kier alpha value is -0.130. The molecule has 0 saturated carbocycles. The minimum absolute atomic E-state index is 0.721. The minimum Gasteiger partial charge on any atom is -0.195 e. The SMILES string of the molecule is O=S(=O)(N1CCCCCC1)N1CC1. The molecule has 2 aliphatic rings. The van der Waals surface area contributed by atoms with Crippen molar-refractivity contribution in [3.8, 4) is 0 Å². The molecule has 2 heterocycles. The maximum absolute atomic E-state index is 11.8. The van der Waals surface area contributed by atoms with Crippen molar-refractivity contribution in [3.63, 3.8) is 0 Å². The number of hydrogen-bond donors (Lipinski definition) is 0. The van der Waals surface area contributed by atoms with Gasteiger partial charge in [-0.25, -0.2) is 0 Å². The fourth-order valence-corrected chi connectivity index (χ4v) is 3.30. The van der Waals surface area contributed by atoms with Gasteiger partial charge in [0.25, 0.3) is 10.2 Å². The van der Waals surface area contributed by atoms with E-state index >= 15 is 0 Å². The summed E-state index contributed by atoms with van der Waals surface area (Å²) in [6.45, 7) is 2.88. The van der Waals surface area contributed by atoms with Gasteiger partial charge in [-0.3, -0.25) is 0 Å². The van der Waals surface area contributed by atoms with Crippen molar-refractivity contribution in [1.29, 1.82) is 0 Å². The predicted octanol–water partition coefficient (Wildman–Crippen LogP) is 0.423. The van der Waals surface area contributed by atoms with E-state index in [0.29, 0.717) is 0 Å². The largest absolute Gasteiger partial charge is 0.282 e. The second kappa shape index (κ2) is 3.55. The lowest BCUT2D eigenvalue weighted by molar-refractivity contribution is 0.402. The lowest BCUT2D eigenvalue weighted by Gasteiger charge is -2.19. The Morgan fingerprint density at radius 2 is 1.15 bits per heavy atom. The highest BCUT2D eigenvalue weighted by Crippen LogP contribution is 2.20. The molecule has 76 valence electrons. The molecule has 0 aromatic rings. The van der Waals surface area contributed by atoms with Gasteiger partial charge in [-0.1, -0.05) is 12.8 Å². The van der Waals surface area contributed by atoms with Gasteiger partial charge in [0.15, 0.2) is 0 Å². The summed E-state index contributed by atoms with van der Waals surface area (Å²) in [6, 6.07) is 0. The third-order valence-electron chi connectivity index (χ3n) is 2.62. The van der Waals surface area contributed by atoms with Gasteiger partial charge >= 0.3 is 0 Å². The predicted molar refractivity (Wildman–Crippen MR) is 50.5 cm³/mol. The van der Waals surface area contributed by atoms with E-state index < -0.39 is 10.2 Å². The molecular formula is C8H16N2O2S. The molecule has 0 amide bonds. The van der Waals surface area contributed by atoms with E-state index in [9.17, 15) is 8.42 Å². The second-order valence-electron chi connectivity index (χ2n) is 3.72. The maximum Gasteiger partial charge on any atom is 0.282 e. The lowest BCUT2D eigenvalue weighted by atomic mass is 10.2. The molecule has 4 nitrogen and oxygen atoms in total. The Morgan fingerprint density at radius 1 is 0.692 bits per heavy atom. The van der Waals surface area contributed by atoms with Gasteiger partial charge in [-0.2, -0.15) is 17.0 Å². The molecule has 0 spiro atoms. The maximum atomic E-state index is 11.8. The molecule has 0 unspecified atom stereocenters. The van der Waals surface area contributed by atoms with E-state index in [0.717, 1.165) is 39.0 Å². The molecule has 0 radical (unpaired) electrons. The zero-order valence-corrected chi connectivity index (χ0v) is 8.59. The summed E-state index contributed by atoms with van der Waals surface area (Å²) in [5, 5.41) is 0. The third-order valence-corrected chi connectivity index (χ3v) is 4.66. The van der Waals surface area contributed by atoms with Crippen LogP contribution in [0.25, 0.3) is 0 Å². The highest BCUT2D eigenvalue weighted by molar-refractivity contribution is 7.87. The molecule has 5 heteroatoms. The summed E-state index contributed by atoms with van der Waals surface area (Å²) in [7, 11) is -3.05. The lowest BCUT2D eigenvalue weighted by Crippen LogP contribution is -2.36. The van der Waals surface area contributed by atoms with E-state index in [1.807, 2.05) is 0 Å². The molecular weight excluding hydrogens is 188 g/mol. The van der Waals surface area contributed by atoms with Gasteiger partial charge in [0, 0.05) is 26.2 Å². The van der Waals surface area contributed by atoms with Crippen LogP contribution in [-0.4, -0.2) is 43.2 Å². The van der Waals surface area contributed by atoms with Crippen LogP contribution >= 0.6 is 0 Å². The molecule has 0 N–H and O–H groups in total. The van der Waals surface area contributed by atoms with Crippen molar-refractivity contribution in [1.82, 2.24) is 8.61 Å². The van der Waals surface area contributed by atoms with E-state index in [-0.39, 0.29) is 0 Å². The van der Waals surface area contributed by atoms with Gasteiger partial charge < -0.3 is 0 Å². The first kappa shape index (κ1) is 9.43. The van der Waals surface area contributed by atoms with Crippen LogP contribution in [0, 0.1) is 0 Å². The van der Waals surface area contributed by atoms with Crippen LogP contribution in [0.4, 0.5) is 0 Å². The van der Waals surface area contributed by atoms with Crippen molar-refractivity contribution in [3.05, 3.63) is 0 Å². The van der Waals surface area contributed by atoms with Crippen molar-refractivity contribution < 1.29 is 8.42 Å². The molecule has 0 aromatic carbocycles. The summed E-state index contributed by atoms with van der Waals surface area (Å²) in [6.07, 6.45) is 4.39. The first-order valence-electron chi connectivity index (χ1n) is 4.96. The monoisotopic (exact) mass is 204 g/mol. The van der Waals surface area contributed by atoms with Crippen LogP contribution in [0.2, 0.25) is 0 Å². The van der Waals surface area contributed by atoms with Gasteiger partial charge in [-0.05, 0) is 12.8 Å². The Balaban J connectivity index is 2.04. The normalized spacial score (nSPS) is 27.1. The van der Waals surface area contributed by atoms with Gasteiger partial charge in [0.05, 0.1) is 0 Å². The summed E-state index contributed by atoms with van der Waals surface area (Å²) >= 11 is 0. The first-order chi connectivity index (χ1) is 6.21. The van der Waals surface area contributed by atoms with Gasteiger partial charge in [-0.15, -0.1) is 0 Å². The zero-order valence-electron chi connectivity index (χ0n) is 7.78. The summed E-state index contributed by atoms with van der Waals surface area (Å²) < 4.78 is 26.7. The number of rotatable bonds is 2. The van der Waals surface area contributed by atoms with Crippen LogP contribution in [0.1, 0.15) is 25.7 Å². The Morgan fingerprint density at radius 3 is 1.62 bits per heavy atom. The molecule has 2 saturated heterocycles. The van der Waals surface area contributed by atoms with Crippen LogP contribution in [0.5, 0.6) is 0 Å². The summed E-state index contributed by atoms with van der Waals surface area (Å²) in [5.74, 6) is 0. The minimum atomic E-state index is -3.05. The number of nitrogens with zero attached hydrogens (tertiary/aromatic N) is 2. The van der Waals surface area contributed by atoms with Crippen LogP contribution in [0.15, 0.2) is 0 Å². The number of hydrogen-bond acceptors (Lipinski definition) is 2. The van der Waals surface area contributed by atoms with Crippen molar-refractivity contribution in [2.75, 3.05) is 26.2 Å².